The second kappa shape index (κ2) is 7.01. The molecule has 1 amide bonds. The van der Waals surface area contributed by atoms with Crippen molar-refractivity contribution < 1.29 is 9.53 Å². The molecule has 18 heavy (non-hydrogen) atoms. The zero-order valence-corrected chi connectivity index (χ0v) is 11.3. The topological polar surface area (TPSA) is 55.6 Å². The van der Waals surface area contributed by atoms with Crippen LogP contribution in [0.5, 0.6) is 5.75 Å². The first-order valence-corrected chi connectivity index (χ1v) is 6.19. The molecule has 1 atom stereocenters. The average Bonchev–Trinajstić information content (AvgIpc) is 2.34. The van der Waals surface area contributed by atoms with Crippen LogP contribution in [0.3, 0.4) is 0 Å². The summed E-state index contributed by atoms with van der Waals surface area (Å²) in [5, 5.41) is 0. The molecule has 0 aliphatic carbocycles. The van der Waals surface area contributed by atoms with E-state index in [4.69, 9.17) is 10.5 Å². The van der Waals surface area contributed by atoms with E-state index in [-0.39, 0.29) is 11.9 Å². The van der Waals surface area contributed by atoms with E-state index in [1.54, 1.807) is 19.0 Å². The van der Waals surface area contributed by atoms with Gasteiger partial charge in [-0.05, 0) is 31.0 Å². The lowest BCUT2D eigenvalue weighted by Crippen LogP contribution is -2.21. The summed E-state index contributed by atoms with van der Waals surface area (Å²) in [6.07, 6.45) is 1.24. The summed E-state index contributed by atoms with van der Waals surface area (Å²) in [6.45, 7) is 2.48. The van der Waals surface area contributed by atoms with Crippen LogP contribution in [0.2, 0.25) is 0 Å². The number of hydrogen-bond acceptors (Lipinski definition) is 3. The second-order valence-corrected chi connectivity index (χ2v) is 4.60. The Labute approximate surface area is 109 Å². The molecule has 0 aliphatic heterocycles. The first-order chi connectivity index (χ1) is 8.50. The van der Waals surface area contributed by atoms with Crippen molar-refractivity contribution in [2.75, 3.05) is 20.7 Å². The van der Waals surface area contributed by atoms with E-state index in [0.29, 0.717) is 13.0 Å². The molecule has 0 saturated heterocycles. The smallest absolute Gasteiger partial charge is 0.222 e. The van der Waals surface area contributed by atoms with Crippen molar-refractivity contribution in [3.05, 3.63) is 29.8 Å². The van der Waals surface area contributed by atoms with Crippen molar-refractivity contribution in [1.82, 2.24) is 4.90 Å². The number of nitrogens with zero attached hydrogens (tertiary/aromatic N) is 1. The molecule has 4 heteroatoms. The van der Waals surface area contributed by atoms with Crippen LogP contribution in [0, 0.1) is 0 Å². The molecule has 0 saturated carbocycles. The van der Waals surface area contributed by atoms with E-state index >= 15 is 0 Å². The summed E-state index contributed by atoms with van der Waals surface area (Å²) in [5.41, 5.74) is 6.86. The van der Waals surface area contributed by atoms with Gasteiger partial charge < -0.3 is 15.4 Å². The third-order valence-corrected chi connectivity index (χ3v) is 2.69. The van der Waals surface area contributed by atoms with Crippen molar-refractivity contribution >= 4 is 5.91 Å². The fraction of sp³-hybridized carbons (Fsp3) is 0.500. The molecule has 0 bridgehead atoms. The fourth-order valence-corrected chi connectivity index (χ4v) is 1.52. The number of carbonyl (C=O) groups is 1. The first-order valence-electron chi connectivity index (χ1n) is 6.19. The number of nitrogens with two attached hydrogens (primary N) is 1. The Balaban J connectivity index is 2.35. The van der Waals surface area contributed by atoms with Crippen molar-refractivity contribution in [2.45, 2.75) is 25.8 Å². The van der Waals surface area contributed by atoms with Crippen LogP contribution in [-0.2, 0) is 4.79 Å². The predicted molar refractivity (Wildman–Crippen MR) is 72.5 cm³/mol. The molecular formula is C14H22N2O2. The zero-order valence-electron chi connectivity index (χ0n) is 11.3. The molecule has 0 spiro atoms. The molecule has 0 aromatic heterocycles. The maximum atomic E-state index is 11.4. The van der Waals surface area contributed by atoms with Crippen LogP contribution in [0.1, 0.15) is 31.4 Å². The van der Waals surface area contributed by atoms with E-state index < -0.39 is 0 Å². The van der Waals surface area contributed by atoms with E-state index in [1.807, 2.05) is 31.2 Å². The lowest BCUT2D eigenvalue weighted by Gasteiger charge is -2.11. The van der Waals surface area contributed by atoms with Gasteiger partial charge in [-0.1, -0.05) is 12.1 Å². The molecule has 1 rings (SSSR count). The van der Waals surface area contributed by atoms with Crippen molar-refractivity contribution in [1.29, 1.82) is 0 Å². The first kappa shape index (κ1) is 14.5. The molecule has 0 radical (unpaired) electrons. The normalized spacial score (nSPS) is 12.0. The average molecular weight is 250 g/mol. The van der Waals surface area contributed by atoms with Gasteiger partial charge in [0.05, 0.1) is 6.61 Å². The Hall–Kier alpha value is -1.55. The zero-order chi connectivity index (χ0) is 13.5. The van der Waals surface area contributed by atoms with Crippen molar-refractivity contribution in [3.8, 4) is 5.75 Å². The minimum absolute atomic E-state index is 0.00358. The number of hydrogen-bond donors (Lipinski definition) is 1. The van der Waals surface area contributed by atoms with E-state index in [0.717, 1.165) is 17.7 Å². The van der Waals surface area contributed by atoms with Crippen LogP contribution in [-0.4, -0.2) is 31.5 Å². The lowest BCUT2D eigenvalue weighted by molar-refractivity contribution is -0.128. The Morgan fingerprint density at radius 1 is 1.44 bits per heavy atom. The maximum absolute atomic E-state index is 11.4. The molecule has 0 fully saturated rings. The molecule has 100 valence electrons. The molecule has 0 aliphatic rings. The molecule has 1 aromatic carbocycles. The number of benzene rings is 1. The third-order valence-electron chi connectivity index (χ3n) is 2.69. The van der Waals surface area contributed by atoms with Gasteiger partial charge in [0, 0.05) is 26.6 Å². The van der Waals surface area contributed by atoms with Gasteiger partial charge in [-0.3, -0.25) is 4.79 Å². The maximum Gasteiger partial charge on any atom is 0.222 e. The van der Waals surface area contributed by atoms with Gasteiger partial charge in [0.25, 0.3) is 0 Å². The standard InChI is InChI=1S/C14H22N2O2/c1-11(15)12-6-4-7-13(10-12)18-9-5-8-14(17)16(2)3/h4,6-7,10-11H,5,8-9,15H2,1-3H3/t11-/m0/s1. The van der Waals surface area contributed by atoms with Gasteiger partial charge in [0.15, 0.2) is 0 Å². The number of amides is 1. The largest absolute Gasteiger partial charge is 0.494 e. The molecular weight excluding hydrogens is 228 g/mol. The summed E-state index contributed by atoms with van der Waals surface area (Å²) < 4.78 is 5.60. The second-order valence-electron chi connectivity index (χ2n) is 4.60. The molecule has 0 unspecified atom stereocenters. The SMILES string of the molecule is C[C@H](N)c1cccc(OCCCC(=O)N(C)C)c1. The van der Waals surface area contributed by atoms with Crippen LogP contribution in [0.15, 0.2) is 24.3 Å². The van der Waals surface area contributed by atoms with Crippen molar-refractivity contribution in [3.63, 3.8) is 0 Å². The molecule has 4 nitrogen and oxygen atoms in total. The lowest BCUT2D eigenvalue weighted by atomic mass is 10.1. The predicted octanol–water partition coefficient (Wildman–Crippen LogP) is 1.95. The van der Waals surface area contributed by atoms with Gasteiger partial charge in [-0.2, -0.15) is 0 Å². The Morgan fingerprint density at radius 2 is 2.17 bits per heavy atom. The molecule has 0 heterocycles. The summed E-state index contributed by atoms with van der Waals surface area (Å²) >= 11 is 0. The number of rotatable bonds is 6. The van der Waals surface area contributed by atoms with Gasteiger partial charge in [-0.25, -0.2) is 0 Å². The van der Waals surface area contributed by atoms with Crippen LogP contribution < -0.4 is 10.5 Å². The Bertz CT molecular complexity index is 389. The quantitative estimate of drug-likeness (QED) is 0.785. The van der Waals surface area contributed by atoms with Gasteiger partial charge >= 0.3 is 0 Å². The fourth-order valence-electron chi connectivity index (χ4n) is 1.52. The summed E-state index contributed by atoms with van der Waals surface area (Å²) in [5.74, 6) is 0.935. The summed E-state index contributed by atoms with van der Waals surface area (Å²) in [4.78, 5) is 12.9. The number of ether oxygens (including phenoxy) is 1. The summed E-state index contributed by atoms with van der Waals surface area (Å²) in [7, 11) is 3.52. The van der Waals surface area contributed by atoms with Crippen molar-refractivity contribution in [2.24, 2.45) is 5.73 Å². The van der Waals surface area contributed by atoms with Gasteiger partial charge in [0.2, 0.25) is 5.91 Å². The van der Waals surface area contributed by atoms with Crippen LogP contribution >= 0.6 is 0 Å². The van der Waals surface area contributed by atoms with Crippen LogP contribution in [0.4, 0.5) is 0 Å². The highest BCUT2D eigenvalue weighted by molar-refractivity contribution is 5.75. The monoisotopic (exact) mass is 250 g/mol. The minimum Gasteiger partial charge on any atom is -0.494 e. The minimum atomic E-state index is 0.00358. The third kappa shape index (κ3) is 4.75. The highest BCUT2D eigenvalue weighted by Crippen LogP contribution is 2.17. The summed E-state index contributed by atoms with van der Waals surface area (Å²) in [6, 6.07) is 7.76. The van der Waals surface area contributed by atoms with Gasteiger partial charge in [0.1, 0.15) is 5.75 Å². The van der Waals surface area contributed by atoms with E-state index in [1.165, 1.54) is 0 Å². The molecule has 1 aromatic rings. The Morgan fingerprint density at radius 3 is 2.78 bits per heavy atom. The van der Waals surface area contributed by atoms with E-state index in [2.05, 4.69) is 0 Å². The molecule has 2 N–H and O–H groups in total. The Kier molecular flexibility index (Phi) is 5.65. The van der Waals surface area contributed by atoms with E-state index in [9.17, 15) is 4.79 Å². The number of carbonyl (C=O) groups excluding carboxylic acids is 1. The highest BCUT2D eigenvalue weighted by Gasteiger charge is 2.04. The van der Waals surface area contributed by atoms with Crippen LogP contribution in [0.25, 0.3) is 0 Å². The highest BCUT2D eigenvalue weighted by atomic mass is 16.5. The van der Waals surface area contributed by atoms with Gasteiger partial charge in [-0.15, -0.1) is 0 Å².